The van der Waals surface area contributed by atoms with Crippen LogP contribution in [0.25, 0.3) is 0 Å². The first kappa shape index (κ1) is 10.6. The fourth-order valence-corrected chi connectivity index (χ4v) is 2.06. The van der Waals surface area contributed by atoms with Gasteiger partial charge in [-0.05, 0) is 0 Å². The molecule has 1 fully saturated rings. The summed E-state index contributed by atoms with van der Waals surface area (Å²) in [5.74, 6) is -0.802. The van der Waals surface area contributed by atoms with E-state index in [0.29, 0.717) is 0 Å². The van der Waals surface area contributed by atoms with Gasteiger partial charge in [-0.2, -0.15) is 4.98 Å². The van der Waals surface area contributed by atoms with E-state index in [2.05, 4.69) is 4.98 Å². The first-order valence-corrected chi connectivity index (χ1v) is 5.06. The fraction of sp³-hybridized carbons (Fsp3) is 0.556. The summed E-state index contributed by atoms with van der Waals surface area (Å²) < 4.78 is 25.1. The first-order chi connectivity index (χ1) is 8.11. The Morgan fingerprint density at radius 3 is 3.06 bits per heavy atom. The van der Waals surface area contributed by atoms with Crippen LogP contribution in [0.3, 0.4) is 0 Å². The summed E-state index contributed by atoms with van der Waals surface area (Å²) in [7, 11) is 0. The minimum atomic E-state index is -1.01. The number of nitrogens with zero attached hydrogens (tertiary/aromatic N) is 2. The van der Waals surface area contributed by atoms with Crippen molar-refractivity contribution in [2.45, 2.75) is 24.5 Å². The second-order valence-electron chi connectivity index (χ2n) is 3.95. The zero-order chi connectivity index (χ0) is 12.2. The van der Waals surface area contributed by atoms with Gasteiger partial charge in [0.15, 0.2) is 23.6 Å². The van der Waals surface area contributed by atoms with Crippen molar-refractivity contribution >= 4 is 0 Å². The van der Waals surface area contributed by atoms with Crippen LogP contribution >= 0.6 is 0 Å². The number of hydrogen-bond acceptors (Lipinski definition) is 6. The van der Waals surface area contributed by atoms with E-state index in [-0.39, 0.29) is 12.6 Å². The first-order valence-electron chi connectivity index (χ1n) is 5.06. The molecule has 3 rings (SSSR count). The molecular weight excluding hydrogens is 233 g/mol. The number of ether oxygens (including phenoxy) is 2. The summed E-state index contributed by atoms with van der Waals surface area (Å²) in [4.78, 5) is 3.60. The molecule has 7 nitrogen and oxygen atoms in total. The van der Waals surface area contributed by atoms with E-state index >= 15 is 0 Å². The summed E-state index contributed by atoms with van der Waals surface area (Å²) in [5.41, 5.74) is -0.524. The average Bonchev–Trinajstić information content (AvgIpc) is 2.78. The van der Waals surface area contributed by atoms with Crippen molar-refractivity contribution in [3.8, 4) is 6.01 Å². The fourth-order valence-electron chi connectivity index (χ4n) is 2.06. The zero-order valence-electron chi connectivity index (χ0n) is 8.58. The van der Waals surface area contributed by atoms with Gasteiger partial charge in [0.1, 0.15) is 12.2 Å². The van der Waals surface area contributed by atoms with Crippen molar-refractivity contribution in [1.29, 1.82) is 5.41 Å². The number of aliphatic hydroxyl groups is 2. The SMILES string of the molecule is N=c1nc2n(cc1F)C1O[C@H](CO)[C@@H](O)[C@H]1O2. The lowest BCUT2D eigenvalue weighted by molar-refractivity contribution is -0.0437. The smallest absolute Gasteiger partial charge is 0.301 e. The Balaban J connectivity index is 2.02. The van der Waals surface area contributed by atoms with Gasteiger partial charge in [-0.1, -0.05) is 0 Å². The largest absolute Gasteiger partial charge is 0.454 e. The van der Waals surface area contributed by atoms with E-state index < -0.39 is 35.8 Å². The topological polar surface area (TPSA) is 101 Å². The van der Waals surface area contributed by atoms with Crippen LogP contribution in [0.15, 0.2) is 6.20 Å². The highest BCUT2D eigenvalue weighted by molar-refractivity contribution is 5.11. The van der Waals surface area contributed by atoms with E-state index in [9.17, 15) is 9.50 Å². The molecule has 1 aromatic rings. The van der Waals surface area contributed by atoms with Gasteiger partial charge in [0, 0.05) is 0 Å². The third-order valence-electron chi connectivity index (χ3n) is 2.92. The van der Waals surface area contributed by atoms with Crippen LogP contribution in [0.4, 0.5) is 4.39 Å². The third kappa shape index (κ3) is 1.38. The number of halogens is 1. The van der Waals surface area contributed by atoms with Crippen LogP contribution in [0.1, 0.15) is 6.23 Å². The molecule has 3 heterocycles. The molecule has 0 aliphatic carbocycles. The van der Waals surface area contributed by atoms with E-state index in [4.69, 9.17) is 20.0 Å². The molecule has 3 N–H and O–H groups in total. The van der Waals surface area contributed by atoms with Gasteiger partial charge in [-0.3, -0.25) is 9.98 Å². The lowest BCUT2D eigenvalue weighted by atomic mass is 10.1. The monoisotopic (exact) mass is 243 g/mol. The molecule has 2 aliphatic heterocycles. The maximum absolute atomic E-state index is 13.2. The molecule has 0 aromatic carbocycles. The van der Waals surface area contributed by atoms with Gasteiger partial charge >= 0.3 is 6.01 Å². The standard InChI is InChI=1S/C9H10FN3O4/c10-3-1-13-8-6(5(15)4(2-14)16-8)17-9(13)12-7(3)11/h1,4-6,8,11,14-15H,2H2/t4-,5-,6-,8?/m1/s1. The molecule has 4 atom stereocenters. The Hall–Kier alpha value is -1.51. The summed E-state index contributed by atoms with van der Waals surface area (Å²) >= 11 is 0. The molecule has 17 heavy (non-hydrogen) atoms. The van der Waals surface area contributed by atoms with Crippen molar-refractivity contribution in [3.05, 3.63) is 17.5 Å². The molecule has 0 bridgehead atoms. The van der Waals surface area contributed by atoms with E-state index in [1.54, 1.807) is 0 Å². The van der Waals surface area contributed by atoms with Gasteiger partial charge in [0.2, 0.25) is 0 Å². The molecule has 0 amide bonds. The molecule has 0 spiro atoms. The van der Waals surface area contributed by atoms with Gasteiger partial charge in [0.25, 0.3) is 0 Å². The molecule has 0 saturated carbocycles. The number of aliphatic hydroxyl groups excluding tert-OH is 2. The zero-order valence-corrected chi connectivity index (χ0v) is 8.58. The van der Waals surface area contributed by atoms with Crippen LogP contribution in [-0.4, -0.2) is 44.7 Å². The number of rotatable bonds is 1. The molecule has 1 unspecified atom stereocenters. The Morgan fingerprint density at radius 1 is 1.59 bits per heavy atom. The number of hydrogen-bond donors (Lipinski definition) is 3. The third-order valence-corrected chi connectivity index (χ3v) is 2.92. The lowest BCUT2D eigenvalue weighted by Gasteiger charge is -2.14. The molecule has 8 heteroatoms. The quantitative estimate of drug-likeness (QED) is 0.558. The Kier molecular flexibility index (Phi) is 2.18. The normalized spacial score (nSPS) is 34.3. The summed E-state index contributed by atoms with van der Waals surface area (Å²) in [5, 5.41) is 25.9. The predicted molar refractivity (Wildman–Crippen MR) is 49.5 cm³/mol. The van der Waals surface area contributed by atoms with Gasteiger partial charge < -0.3 is 19.7 Å². The van der Waals surface area contributed by atoms with Gasteiger partial charge in [-0.25, -0.2) is 4.39 Å². The van der Waals surface area contributed by atoms with Crippen molar-refractivity contribution < 1.29 is 24.1 Å². The second kappa shape index (κ2) is 3.49. The van der Waals surface area contributed by atoms with Crippen LogP contribution < -0.4 is 10.2 Å². The van der Waals surface area contributed by atoms with Crippen molar-refractivity contribution in [3.63, 3.8) is 0 Å². The molecule has 1 saturated heterocycles. The average molecular weight is 243 g/mol. The maximum Gasteiger partial charge on any atom is 0.301 e. The Labute approximate surface area is 94.6 Å². The second-order valence-corrected chi connectivity index (χ2v) is 3.95. The number of nitrogens with one attached hydrogen (secondary N) is 1. The number of aromatic nitrogens is 2. The van der Waals surface area contributed by atoms with Gasteiger partial charge in [0.05, 0.1) is 12.8 Å². The minimum absolute atomic E-state index is 0.0295. The lowest BCUT2D eigenvalue weighted by Crippen LogP contribution is -2.34. The van der Waals surface area contributed by atoms with E-state index in [0.717, 1.165) is 6.20 Å². The van der Waals surface area contributed by atoms with Crippen molar-refractivity contribution in [2.75, 3.05) is 6.61 Å². The van der Waals surface area contributed by atoms with E-state index in [1.807, 2.05) is 0 Å². The van der Waals surface area contributed by atoms with Crippen LogP contribution in [0, 0.1) is 11.2 Å². The highest BCUT2D eigenvalue weighted by atomic mass is 19.1. The molecule has 2 aliphatic rings. The highest BCUT2D eigenvalue weighted by Gasteiger charge is 2.51. The Bertz CT molecular complexity index is 519. The number of fused-ring (bicyclic) bond motifs is 3. The van der Waals surface area contributed by atoms with E-state index in [1.165, 1.54) is 4.57 Å². The summed E-state index contributed by atoms with van der Waals surface area (Å²) in [6.45, 7) is -0.347. The summed E-state index contributed by atoms with van der Waals surface area (Å²) in [6, 6.07) is 0.0295. The van der Waals surface area contributed by atoms with Crippen LogP contribution in [0.5, 0.6) is 6.01 Å². The minimum Gasteiger partial charge on any atom is -0.454 e. The van der Waals surface area contributed by atoms with Crippen LogP contribution in [-0.2, 0) is 4.74 Å². The molecule has 92 valence electrons. The molecule has 1 aromatic heterocycles. The van der Waals surface area contributed by atoms with Crippen LogP contribution in [0.2, 0.25) is 0 Å². The van der Waals surface area contributed by atoms with Crippen molar-refractivity contribution in [1.82, 2.24) is 9.55 Å². The van der Waals surface area contributed by atoms with Gasteiger partial charge in [-0.15, -0.1) is 0 Å². The molecular formula is C9H10FN3O4. The Morgan fingerprint density at radius 2 is 2.35 bits per heavy atom. The summed E-state index contributed by atoms with van der Waals surface area (Å²) in [6.07, 6.45) is -2.18. The predicted octanol–water partition coefficient (Wildman–Crippen LogP) is -1.49. The van der Waals surface area contributed by atoms with Crippen molar-refractivity contribution in [2.24, 2.45) is 0 Å². The highest BCUT2D eigenvalue weighted by Crippen LogP contribution is 2.38. The molecule has 0 radical (unpaired) electrons. The maximum atomic E-state index is 13.2.